The Bertz CT molecular complexity index is 270. The predicted molar refractivity (Wildman–Crippen MR) is 63.1 cm³/mol. The summed E-state index contributed by atoms with van der Waals surface area (Å²) < 4.78 is 10.3. The molecule has 0 amide bonds. The maximum Gasteiger partial charge on any atom is 0.126 e. The zero-order chi connectivity index (χ0) is 11.5. The highest BCUT2D eigenvalue weighted by Crippen LogP contribution is 2.01. The summed E-state index contributed by atoms with van der Waals surface area (Å²) in [5.74, 6) is 0.869. The van der Waals surface area contributed by atoms with E-state index < -0.39 is 0 Å². The van der Waals surface area contributed by atoms with Gasteiger partial charge in [0.25, 0.3) is 0 Å². The van der Waals surface area contributed by atoms with Crippen LogP contribution >= 0.6 is 0 Å². The molecule has 0 unspecified atom stereocenters. The highest BCUT2D eigenvalue weighted by atomic mass is 16.5. The topological polar surface area (TPSA) is 54.6 Å². The molecule has 0 radical (unpaired) electrons. The molecule has 1 aromatic heterocycles. The van der Waals surface area contributed by atoms with E-state index in [0.717, 1.165) is 25.3 Å². The van der Waals surface area contributed by atoms with Crippen LogP contribution in [0.1, 0.15) is 12.2 Å². The lowest BCUT2D eigenvalue weighted by Gasteiger charge is -2.02. The molecule has 4 heteroatoms. The standard InChI is InChI=1S/C12H19NO3/c14-8-11-15-9-3-7-13-6-1-4-12-5-2-10-16-12/h1-2,4-5,10,13-14H,3,6-9,11H2/b4-1+. The second kappa shape index (κ2) is 9.15. The molecular formula is C12H19NO3. The molecule has 1 rings (SSSR count). The average molecular weight is 225 g/mol. The van der Waals surface area contributed by atoms with Gasteiger partial charge in [-0.25, -0.2) is 0 Å². The smallest absolute Gasteiger partial charge is 0.126 e. The van der Waals surface area contributed by atoms with Gasteiger partial charge in [0.1, 0.15) is 5.76 Å². The van der Waals surface area contributed by atoms with Crippen LogP contribution in [0.4, 0.5) is 0 Å². The minimum absolute atomic E-state index is 0.0965. The summed E-state index contributed by atoms with van der Waals surface area (Å²) in [4.78, 5) is 0. The van der Waals surface area contributed by atoms with Crippen molar-refractivity contribution in [2.45, 2.75) is 6.42 Å². The van der Waals surface area contributed by atoms with Gasteiger partial charge in [-0.2, -0.15) is 0 Å². The van der Waals surface area contributed by atoms with Crippen LogP contribution in [0.3, 0.4) is 0 Å². The molecule has 0 aliphatic heterocycles. The molecule has 90 valence electrons. The third-order valence-electron chi connectivity index (χ3n) is 1.97. The molecule has 0 atom stereocenters. The summed E-state index contributed by atoms with van der Waals surface area (Å²) in [6.45, 7) is 2.95. The van der Waals surface area contributed by atoms with Crippen LogP contribution in [0, 0.1) is 0 Å². The minimum atomic E-state index is 0.0965. The molecular weight excluding hydrogens is 206 g/mol. The summed E-state index contributed by atoms with van der Waals surface area (Å²) in [5.41, 5.74) is 0. The van der Waals surface area contributed by atoms with Gasteiger partial charge in [0.15, 0.2) is 0 Å². The second-order valence-corrected chi connectivity index (χ2v) is 3.31. The van der Waals surface area contributed by atoms with E-state index in [1.165, 1.54) is 0 Å². The van der Waals surface area contributed by atoms with Crippen LogP contribution in [0.2, 0.25) is 0 Å². The van der Waals surface area contributed by atoms with Gasteiger partial charge < -0.3 is 19.6 Å². The summed E-state index contributed by atoms with van der Waals surface area (Å²) in [7, 11) is 0. The molecule has 0 fully saturated rings. The second-order valence-electron chi connectivity index (χ2n) is 3.31. The third-order valence-corrected chi connectivity index (χ3v) is 1.97. The monoisotopic (exact) mass is 225 g/mol. The lowest BCUT2D eigenvalue weighted by molar-refractivity contribution is 0.0909. The van der Waals surface area contributed by atoms with E-state index in [2.05, 4.69) is 5.32 Å². The van der Waals surface area contributed by atoms with Gasteiger partial charge in [-0.15, -0.1) is 0 Å². The van der Waals surface area contributed by atoms with Crippen LogP contribution < -0.4 is 5.32 Å². The number of aliphatic hydroxyl groups is 1. The van der Waals surface area contributed by atoms with Crippen molar-refractivity contribution in [1.29, 1.82) is 0 Å². The van der Waals surface area contributed by atoms with Gasteiger partial charge in [-0.1, -0.05) is 6.08 Å². The lowest BCUT2D eigenvalue weighted by Crippen LogP contribution is -2.17. The van der Waals surface area contributed by atoms with Gasteiger partial charge in [0, 0.05) is 13.2 Å². The molecule has 1 aromatic rings. The van der Waals surface area contributed by atoms with Crippen molar-refractivity contribution in [2.24, 2.45) is 0 Å². The number of hydrogen-bond acceptors (Lipinski definition) is 4. The fourth-order valence-electron chi connectivity index (χ4n) is 1.21. The molecule has 0 bridgehead atoms. The summed E-state index contributed by atoms with van der Waals surface area (Å²) in [6, 6.07) is 3.78. The largest absolute Gasteiger partial charge is 0.465 e. The van der Waals surface area contributed by atoms with Crippen molar-refractivity contribution >= 4 is 6.08 Å². The SMILES string of the molecule is OCCOCCCNC/C=C/c1ccco1. The Morgan fingerprint density at radius 2 is 2.38 bits per heavy atom. The highest BCUT2D eigenvalue weighted by Gasteiger charge is 1.88. The van der Waals surface area contributed by atoms with Crippen molar-refractivity contribution in [1.82, 2.24) is 5.32 Å². The zero-order valence-electron chi connectivity index (χ0n) is 9.39. The first-order chi connectivity index (χ1) is 7.93. The van der Waals surface area contributed by atoms with Gasteiger partial charge in [0.2, 0.25) is 0 Å². The first kappa shape index (κ1) is 13.0. The maximum absolute atomic E-state index is 8.47. The van der Waals surface area contributed by atoms with E-state index in [1.54, 1.807) is 6.26 Å². The quantitative estimate of drug-likeness (QED) is 0.622. The van der Waals surface area contributed by atoms with Crippen LogP contribution in [0.15, 0.2) is 28.9 Å². The van der Waals surface area contributed by atoms with Crippen LogP contribution in [-0.4, -0.2) is 38.0 Å². The molecule has 0 saturated carbocycles. The predicted octanol–water partition coefficient (Wildman–Crippen LogP) is 1.28. The first-order valence-corrected chi connectivity index (χ1v) is 5.53. The summed E-state index contributed by atoms with van der Waals surface area (Å²) in [6.07, 6.45) is 6.57. The van der Waals surface area contributed by atoms with Gasteiger partial charge in [0.05, 0.1) is 19.5 Å². The van der Waals surface area contributed by atoms with Gasteiger partial charge in [-0.3, -0.25) is 0 Å². The highest BCUT2D eigenvalue weighted by molar-refractivity contribution is 5.42. The summed E-state index contributed by atoms with van der Waals surface area (Å²) >= 11 is 0. The molecule has 0 spiro atoms. The Morgan fingerprint density at radius 1 is 1.44 bits per heavy atom. The fourth-order valence-corrected chi connectivity index (χ4v) is 1.21. The van der Waals surface area contributed by atoms with E-state index >= 15 is 0 Å². The number of rotatable bonds is 9. The van der Waals surface area contributed by atoms with Crippen molar-refractivity contribution < 1.29 is 14.3 Å². The average Bonchev–Trinajstić information content (AvgIpc) is 2.80. The Hall–Kier alpha value is -1.10. The first-order valence-electron chi connectivity index (χ1n) is 5.53. The minimum Gasteiger partial charge on any atom is -0.465 e. The maximum atomic E-state index is 8.47. The number of nitrogens with one attached hydrogen (secondary N) is 1. The normalized spacial score (nSPS) is 11.3. The molecule has 2 N–H and O–H groups in total. The third kappa shape index (κ3) is 6.40. The van der Waals surface area contributed by atoms with Crippen LogP contribution in [0.25, 0.3) is 6.08 Å². The van der Waals surface area contributed by atoms with Gasteiger partial charge >= 0.3 is 0 Å². The molecule has 4 nitrogen and oxygen atoms in total. The molecule has 0 aromatic carbocycles. The molecule has 16 heavy (non-hydrogen) atoms. The van der Waals surface area contributed by atoms with E-state index in [1.807, 2.05) is 24.3 Å². The Labute approximate surface area is 95.9 Å². The van der Waals surface area contributed by atoms with Gasteiger partial charge in [-0.05, 0) is 31.2 Å². The lowest BCUT2D eigenvalue weighted by atomic mass is 10.4. The van der Waals surface area contributed by atoms with E-state index in [-0.39, 0.29) is 6.61 Å². The van der Waals surface area contributed by atoms with E-state index in [0.29, 0.717) is 13.2 Å². The zero-order valence-corrected chi connectivity index (χ0v) is 9.39. The number of aliphatic hydroxyl groups excluding tert-OH is 1. The van der Waals surface area contributed by atoms with Crippen molar-refractivity contribution in [3.8, 4) is 0 Å². The van der Waals surface area contributed by atoms with Crippen molar-refractivity contribution in [3.05, 3.63) is 30.2 Å². The Kier molecular flexibility index (Phi) is 7.42. The molecule has 0 saturated heterocycles. The molecule has 0 aliphatic carbocycles. The fraction of sp³-hybridized carbons (Fsp3) is 0.500. The Balaban J connectivity index is 1.88. The van der Waals surface area contributed by atoms with E-state index in [4.69, 9.17) is 14.3 Å². The van der Waals surface area contributed by atoms with Crippen molar-refractivity contribution in [2.75, 3.05) is 32.9 Å². The molecule has 1 heterocycles. The number of ether oxygens (including phenoxy) is 1. The van der Waals surface area contributed by atoms with Crippen molar-refractivity contribution in [3.63, 3.8) is 0 Å². The van der Waals surface area contributed by atoms with E-state index in [9.17, 15) is 0 Å². The summed E-state index contributed by atoms with van der Waals surface area (Å²) in [5, 5.41) is 11.7. The number of hydrogen-bond donors (Lipinski definition) is 2. The van der Waals surface area contributed by atoms with Crippen LogP contribution in [0.5, 0.6) is 0 Å². The Morgan fingerprint density at radius 3 is 3.12 bits per heavy atom. The molecule has 0 aliphatic rings. The van der Waals surface area contributed by atoms with Crippen LogP contribution in [-0.2, 0) is 4.74 Å². The number of furan rings is 1.